The van der Waals surface area contributed by atoms with Gasteiger partial charge in [-0.2, -0.15) is 0 Å². The van der Waals surface area contributed by atoms with Crippen molar-refractivity contribution in [2.24, 2.45) is 5.41 Å². The third-order valence-corrected chi connectivity index (χ3v) is 4.30. The molecular formula is C19H22N2O3. The number of benzene rings is 1. The van der Waals surface area contributed by atoms with Crippen LogP contribution in [0.25, 0.3) is 0 Å². The molecule has 0 aliphatic carbocycles. The summed E-state index contributed by atoms with van der Waals surface area (Å²) in [4.78, 5) is 38.8. The van der Waals surface area contributed by atoms with E-state index in [0.29, 0.717) is 6.42 Å². The Morgan fingerprint density at radius 2 is 1.71 bits per heavy atom. The number of urea groups is 1. The lowest BCUT2D eigenvalue weighted by molar-refractivity contribution is -0.152. The summed E-state index contributed by atoms with van der Waals surface area (Å²) in [6.07, 6.45) is 3.89. The molecule has 4 amide bonds. The Hall–Kier alpha value is -2.69. The van der Waals surface area contributed by atoms with Crippen LogP contribution in [0.3, 0.4) is 0 Å². The van der Waals surface area contributed by atoms with Gasteiger partial charge in [-0.3, -0.25) is 19.8 Å². The molecule has 1 unspecified atom stereocenters. The van der Waals surface area contributed by atoms with E-state index in [4.69, 9.17) is 0 Å². The van der Waals surface area contributed by atoms with Crippen molar-refractivity contribution in [1.82, 2.24) is 10.2 Å². The van der Waals surface area contributed by atoms with Crippen LogP contribution in [0.4, 0.5) is 4.79 Å². The molecule has 2 rings (SSSR count). The van der Waals surface area contributed by atoms with E-state index < -0.39 is 23.3 Å². The first kappa shape index (κ1) is 17.7. The number of nitrogens with zero attached hydrogens (tertiary/aromatic N) is 1. The summed E-state index contributed by atoms with van der Waals surface area (Å²) in [5, 5.41) is 2.32. The van der Waals surface area contributed by atoms with Gasteiger partial charge in [0, 0.05) is 6.04 Å². The predicted octanol–water partition coefficient (Wildman–Crippen LogP) is 2.83. The fourth-order valence-electron chi connectivity index (χ4n) is 3.08. The predicted molar refractivity (Wildman–Crippen MR) is 92.1 cm³/mol. The smallest absolute Gasteiger partial charge is 0.277 e. The molecule has 1 heterocycles. The van der Waals surface area contributed by atoms with E-state index >= 15 is 0 Å². The standard InChI is InChI=1S/C19H22N2O3/c1-4-11-19(12-5-2)16(22)20-18(24)21(17(19)23)14(3)13-15-9-7-6-8-10-15/h4-10,14H,1-2,11-13H2,3H3,(H,20,22,24). The van der Waals surface area contributed by atoms with Gasteiger partial charge < -0.3 is 0 Å². The lowest BCUT2D eigenvalue weighted by atomic mass is 9.77. The highest BCUT2D eigenvalue weighted by Crippen LogP contribution is 2.34. The van der Waals surface area contributed by atoms with Crippen molar-refractivity contribution in [3.63, 3.8) is 0 Å². The van der Waals surface area contributed by atoms with Crippen LogP contribution < -0.4 is 5.32 Å². The first-order chi connectivity index (χ1) is 11.5. The normalized spacial score (nSPS) is 18.0. The number of hydrogen-bond donors (Lipinski definition) is 1. The molecule has 0 saturated carbocycles. The van der Waals surface area contributed by atoms with Gasteiger partial charge in [0.25, 0.3) is 0 Å². The number of imide groups is 2. The fraction of sp³-hybridized carbons (Fsp3) is 0.316. The van der Waals surface area contributed by atoms with Crippen LogP contribution >= 0.6 is 0 Å². The molecular weight excluding hydrogens is 304 g/mol. The molecule has 1 N–H and O–H groups in total. The van der Waals surface area contributed by atoms with Gasteiger partial charge in [-0.05, 0) is 31.7 Å². The van der Waals surface area contributed by atoms with Crippen molar-refractivity contribution in [2.75, 3.05) is 0 Å². The van der Waals surface area contributed by atoms with Gasteiger partial charge in [-0.15, -0.1) is 13.2 Å². The Balaban J connectivity index is 2.32. The molecule has 1 fully saturated rings. The van der Waals surface area contributed by atoms with E-state index in [1.54, 1.807) is 6.92 Å². The largest absolute Gasteiger partial charge is 0.331 e. The van der Waals surface area contributed by atoms with Crippen molar-refractivity contribution < 1.29 is 14.4 Å². The van der Waals surface area contributed by atoms with E-state index in [2.05, 4.69) is 18.5 Å². The number of nitrogens with one attached hydrogen (secondary N) is 1. The molecule has 1 aliphatic rings. The SMILES string of the molecule is C=CCC1(CC=C)C(=O)NC(=O)N(C(C)Cc2ccccc2)C1=O. The maximum Gasteiger partial charge on any atom is 0.331 e. The molecule has 126 valence electrons. The maximum absolute atomic E-state index is 13.0. The highest BCUT2D eigenvalue weighted by atomic mass is 16.2. The fourth-order valence-corrected chi connectivity index (χ4v) is 3.08. The van der Waals surface area contributed by atoms with Gasteiger partial charge in [0.1, 0.15) is 5.41 Å². The summed E-state index contributed by atoms with van der Waals surface area (Å²) in [7, 11) is 0. The minimum atomic E-state index is -1.34. The third-order valence-electron chi connectivity index (χ3n) is 4.30. The zero-order chi connectivity index (χ0) is 17.7. The molecule has 1 aromatic rings. The Morgan fingerprint density at radius 1 is 1.12 bits per heavy atom. The molecule has 1 saturated heterocycles. The van der Waals surface area contributed by atoms with Gasteiger partial charge in [-0.25, -0.2) is 4.79 Å². The van der Waals surface area contributed by atoms with Crippen molar-refractivity contribution in [3.05, 3.63) is 61.2 Å². The van der Waals surface area contributed by atoms with Crippen molar-refractivity contribution in [3.8, 4) is 0 Å². The Labute approximate surface area is 142 Å². The molecule has 1 atom stereocenters. The van der Waals surface area contributed by atoms with Crippen molar-refractivity contribution >= 4 is 17.8 Å². The highest BCUT2D eigenvalue weighted by molar-refractivity contribution is 6.19. The van der Waals surface area contributed by atoms with Gasteiger partial charge in [0.15, 0.2) is 0 Å². The summed E-state index contributed by atoms with van der Waals surface area (Å²) in [6, 6.07) is 8.56. The number of hydrogen-bond acceptors (Lipinski definition) is 3. The molecule has 24 heavy (non-hydrogen) atoms. The molecule has 0 bridgehead atoms. The third kappa shape index (κ3) is 3.15. The van der Waals surface area contributed by atoms with Gasteiger partial charge in [0.05, 0.1) is 0 Å². The summed E-state index contributed by atoms with van der Waals surface area (Å²) < 4.78 is 0. The molecule has 1 aromatic carbocycles. The number of barbiturate groups is 1. The van der Waals surface area contributed by atoms with E-state index in [-0.39, 0.29) is 18.9 Å². The zero-order valence-corrected chi connectivity index (χ0v) is 13.8. The van der Waals surface area contributed by atoms with Crippen LogP contribution in [-0.4, -0.2) is 28.8 Å². The van der Waals surface area contributed by atoms with E-state index in [0.717, 1.165) is 10.5 Å². The second-order valence-corrected chi connectivity index (χ2v) is 6.04. The summed E-state index contributed by atoms with van der Waals surface area (Å²) in [5.41, 5.74) is -0.330. The molecule has 0 radical (unpaired) electrons. The lowest BCUT2D eigenvalue weighted by Gasteiger charge is -2.41. The van der Waals surface area contributed by atoms with Crippen LogP contribution in [0.2, 0.25) is 0 Å². The van der Waals surface area contributed by atoms with Crippen LogP contribution in [-0.2, 0) is 16.0 Å². The van der Waals surface area contributed by atoms with E-state index in [1.807, 2.05) is 30.3 Å². The van der Waals surface area contributed by atoms with Gasteiger partial charge >= 0.3 is 6.03 Å². The molecule has 1 aliphatic heterocycles. The highest BCUT2D eigenvalue weighted by Gasteiger charge is 2.53. The molecule has 5 nitrogen and oxygen atoms in total. The van der Waals surface area contributed by atoms with Crippen molar-refractivity contribution in [2.45, 2.75) is 32.2 Å². The second-order valence-electron chi connectivity index (χ2n) is 6.04. The van der Waals surface area contributed by atoms with Gasteiger partial charge in [0.2, 0.25) is 11.8 Å². The van der Waals surface area contributed by atoms with Crippen LogP contribution in [0.15, 0.2) is 55.6 Å². The minimum absolute atomic E-state index is 0.158. The number of carbonyl (C=O) groups excluding carboxylic acids is 3. The first-order valence-corrected chi connectivity index (χ1v) is 7.91. The zero-order valence-electron chi connectivity index (χ0n) is 13.8. The summed E-state index contributed by atoms with van der Waals surface area (Å²) in [6.45, 7) is 9.07. The van der Waals surface area contributed by atoms with Crippen LogP contribution in [0.1, 0.15) is 25.3 Å². The van der Waals surface area contributed by atoms with E-state index in [1.165, 1.54) is 12.2 Å². The topological polar surface area (TPSA) is 66.5 Å². The average molecular weight is 326 g/mol. The Morgan fingerprint density at radius 3 is 2.25 bits per heavy atom. The molecule has 0 spiro atoms. The maximum atomic E-state index is 13.0. The van der Waals surface area contributed by atoms with Crippen molar-refractivity contribution in [1.29, 1.82) is 0 Å². The number of carbonyl (C=O) groups is 3. The number of rotatable bonds is 7. The monoisotopic (exact) mass is 326 g/mol. The molecule has 0 aromatic heterocycles. The van der Waals surface area contributed by atoms with Gasteiger partial charge in [-0.1, -0.05) is 42.5 Å². The minimum Gasteiger partial charge on any atom is -0.277 e. The quantitative estimate of drug-likeness (QED) is 0.619. The number of amides is 4. The van der Waals surface area contributed by atoms with Crippen LogP contribution in [0.5, 0.6) is 0 Å². The Bertz CT molecular complexity index is 656. The first-order valence-electron chi connectivity index (χ1n) is 7.91. The number of allylic oxidation sites excluding steroid dienone is 2. The van der Waals surface area contributed by atoms with Crippen LogP contribution in [0, 0.1) is 5.41 Å². The summed E-state index contributed by atoms with van der Waals surface area (Å²) in [5.74, 6) is -1.07. The lowest BCUT2D eigenvalue weighted by Crippen LogP contribution is -2.65. The summed E-state index contributed by atoms with van der Waals surface area (Å²) >= 11 is 0. The average Bonchev–Trinajstić information content (AvgIpc) is 2.54. The Kier molecular flexibility index (Phi) is 5.34. The second kappa shape index (κ2) is 7.25. The molecule has 5 heteroatoms. The van der Waals surface area contributed by atoms with E-state index in [9.17, 15) is 14.4 Å².